The van der Waals surface area contributed by atoms with E-state index < -0.39 is 5.41 Å². The van der Waals surface area contributed by atoms with Gasteiger partial charge in [-0.05, 0) is 44.0 Å². The van der Waals surface area contributed by atoms with Gasteiger partial charge in [0.2, 0.25) is 11.8 Å². The molecule has 2 aromatic heterocycles. The van der Waals surface area contributed by atoms with Crippen molar-refractivity contribution in [1.82, 2.24) is 15.0 Å². The van der Waals surface area contributed by atoms with Crippen molar-refractivity contribution in [1.29, 1.82) is 0 Å². The maximum atomic E-state index is 13.4. The molecule has 0 saturated carbocycles. The summed E-state index contributed by atoms with van der Waals surface area (Å²) in [6.45, 7) is 7.06. The zero-order chi connectivity index (χ0) is 20.2. The number of nitrogens with one attached hydrogen (secondary N) is 1. The lowest BCUT2D eigenvalue weighted by atomic mass is 9.85. The number of hydrogen-bond donors (Lipinski definition) is 1. The van der Waals surface area contributed by atoms with Crippen molar-refractivity contribution in [3.05, 3.63) is 54.2 Å². The SMILES string of the molecule is Cc1ncc(-c2ccc3c(c2)N(c2cnc4c(c2)NCCO4)C(=O)C3(C)C)cn1. The number of nitrogens with zero attached hydrogens (tertiary/aromatic N) is 4. The second-order valence-corrected chi connectivity index (χ2v) is 7.84. The Hall–Kier alpha value is -3.48. The first kappa shape index (κ1) is 17.6. The average Bonchev–Trinajstić information content (AvgIpc) is 2.93. The van der Waals surface area contributed by atoms with E-state index >= 15 is 0 Å². The summed E-state index contributed by atoms with van der Waals surface area (Å²) in [7, 11) is 0. The Balaban J connectivity index is 1.64. The number of benzene rings is 1. The molecule has 1 amide bonds. The summed E-state index contributed by atoms with van der Waals surface area (Å²) in [5.41, 5.74) is 4.61. The monoisotopic (exact) mass is 387 g/mol. The second-order valence-electron chi connectivity index (χ2n) is 7.84. The number of rotatable bonds is 2. The van der Waals surface area contributed by atoms with Gasteiger partial charge in [-0.25, -0.2) is 15.0 Å². The van der Waals surface area contributed by atoms with E-state index in [9.17, 15) is 4.79 Å². The van der Waals surface area contributed by atoms with E-state index in [4.69, 9.17) is 4.74 Å². The van der Waals surface area contributed by atoms with E-state index in [0.29, 0.717) is 19.0 Å². The number of fused-ring (bicyclic) bond motifs is 2. The minimum atomic E-state index is -0.628. The van der Waals surface area contributed by atoms with Crippen molar-refractivity contribution >= 4 is 23.0 Å². The fourth-order valence-corrected chi connectivity index (χ4v) is 3.87. The molecule has 29 heavy (non-hydrogen) atoms. The second kappa shape index (κ2) is 6.27. The molecular weight excluding hydrogens is 366 g/mol. The zero-order valence-electron chi connectivity index (χ0n) is 16.6. The third-order valence-electron chi connectivity index (χ3n) is 5.52. The Morgan fingerprint density at radius 2 is 1.86 bits per heavy atom. The Bertz CT molecular complexity index is 1120. The van der Waals surface area contributed by atoms with Gasteiger partial charge in [-0.3, -0.25) is 9.69 Å². The lowest BCUT2D eigenvalue weighted by Gasteiger charge is -2.23. The van der Waals surface area contributed by atoms with Crippen LogP contribution in [0.15, 0.2) is 42.9 Å². The normalized spacial score (nSPS) is 16.7. The van der Waals surface area contributed by atoms with Crippen molar-refractivity contribution in [3.63, 3.8) is 0 Å². The number of amides is 1. The zero-order valence-corrected chi connectivity index (χ0v) is 16.6. The number of aromatic nitrogens is 3. The topological polar surface area (TPSA) is 80.2 Å². The Morgan fingerprint density at radius 1 is 1.07 bits per heavy atom. The van der Waals surface area contributed by atoms with Crippen molar-refractivity contribution < 1.29 is 9.53 Å². The van der Waals surface area contributed by atoms with Gasteiger partial charge in [0.25, 0.3) is 0 Å². The standard InChI is InChI=1S/C22H21N5O2/c1-13-24-10-15(11-25-13)14-4-5-17-19(8-14)27(21(28)22(17,2)3)16-9-18-20(26-12-16)29-7-6-23-18/h4-5,8-12,23H,6-7H2,1-3H3. The molecule has 146 valence electrons. The first-order valence-electron chi connectivity index (χ1n) is 9.60. The molecule has 2 aliphatic rings. The molecule has 0 saturated heterocycles. The Labute approximate surface area is 168 Å². The minimum Gasteiger partial charge on any atom is -0.474 e. The molecule has 7 heteroatoms. The van der Waals surface area contributed by atoms with Crippen molar-refractivity contribution in [2.24, 2.45) is 0 Å². The van der Waals surface area contributed by atoms with Crippen LogP contribution in [-0.2, 0) is 10.2 Å². The number of aryl methyl sites for hydroxylation is 1. The largest absolute Gasteiger partial charge is 0.474 e. The quantitative estimate of drug-likeness (QED) is 0.724. The van der Waals surface area contributed by atoms with E-state index in [1.165, 1.54) is 0 Å². The third kappa shape index (κ3) is 2.73. The minimum absolute atomic E-state index is 0.0169. The van der Waals surface area contributed by atoms with Crippen LogP contribution in [0.4, 0.5) is 17.1 Å². The van der Waals surface area contributed by atoms with Gasteiger partial charge in [0.15, 0.2) is 0 Å². The van der Waals surface area contributed by atoms with Crippen LogP contribution in [0.25, 0.3) is 11.1 Å². The highest BCUT2D eigenvalue weighted by molar-refractivity contribution is 6.13. The van der Waals surface area contributed by atoms with Crippen LogP contribution in [0.3, 0.4) is 0 Å². The highest BCUT2D eigenvalue weighted by Crippen LogP contribution is 2.47. The van der Waals surface area contributed by atoms with Gasteiger partial charge in [-0.1, -0.05) is 12.1 Å². The summed E-state index contributed by atoms with van der Waals surface area (Å²) in [5.74, 6) is 1.31. The molecular formula is C22H21N5O2. The van der Waals surface area contributed by atoms with Crippen LogP contribution >= 0.6 is 0 Å². The first-order valence-corrected chi connectivity index (χ1v) is 9.60. The van der Waals surface area contributed by atoms with E-state index in [2.05, 4.69) is 20.3 Å². The Morgan fingerprint density at radius 3 is 2.66 bits per heavy atom. The lowest BCUT2D eigenvalue weighted by Crippen LogP contribution is -2.33. The lowest BCUT2D eigenvalue weighted by molar-refractivity contribution is -0.121. The molecule has 0 unspecified atom stereocenters. The van der Waals surface area contributed by atoms with E-state index in [-0.39, 0.29) is 5.91 Å². The predicted octanol–water partition coefficient (Wildman–Crippen LogP) is 3.61. The number of pyridine rings is 1. The maximum absolute atomic E-state index is 13.4. The molecule has 5 rings (SSSR count). The van der Waals surface area contributed by atoms with Gasteiger partial charge in [-0.2, -0.15) is 0 Å². The molecule has 2 aliphatic heterocycles. The molecule has 0 radical (unpaired) electrons. The number of carbonyl (C=O) groups excluding carboxylic acids is 1. The third-order valence-corrected chi connectivity index (χ3v) is 5.52. The van der Waals surface area contributed by atoms with Gasteiger partial charge in [0.05, 0.1) is 28.7 Å². The predicted molar refractivity (Wildman–Crippen MR) is 111 cm³/mol. The van der Waals surface area contributed by atoms with Gasteiger partial charge < -0.3 is 10.1 Å². The number of hydrogen-bond acceptors (Lipinski definition) is 6. The number of ether oxygens (including phenoxy) is 1. The molecule has 1 aromatic carbocycles. The van der Waals surface area contributed by atoms with Crippen molar-refractivity contribution in [2.75, 3.05) is 23.4 Å². The molecule has 0 fully saturated rings. The molecule has 1 N–H and O–H groups in total. The fourth-order valence-electron chi connectivity index (χ4n) is 3.87. The summed E-state index contributed by atoms with van der Waals surface area (Å²) in [6.07, 6.45) is 5.30. The number of anilines is 3. The van der Waals surface area contributed by atoms with Crippen LogP contribution in [0.1, 0.15) is 25.2 Å². The van der Waals surface area contributed by atoms with Gasteiger partial charge in [-0.15, -0.1) is 0 Å². The van der Waals surface area contributed by atoms with E-state index in [1.807, 2.05) is 45.0 Å². The number of carbonyl (C=O) groups is 1. The van der Waals surface area contributed by atoms with Gasteiger partial charge in [0.1, 0.15) is 12.4 Å². The molecule has 0 atom stereocenters. The highest BCUT2D eigenvalue weighted by atomic mass is 16.5. The van der Waals surface area contributed by atoms with Crippen LogP contribution in [-0.4, -0.2) is 34.0 Å². The average molecular weight is 387 g/mol. The fraction of sp³-hybridized carbons (Fsp3) is 0.273. The molecule has 0 spiro atoms. The maximum Gasteiger partial charge on any atom is 0.241 e. The van der Waals surface area contributed by atoms with Crippen molar-refractivity contribution in [3.8, 4) is 17.0 Å². The van der Waals surface area contributed by atoms with Crippen LogP contribution in [0, 0.1) is 6.92 Å². The van der Waals surface area contributed by atoms with E-state index in [1.54, 1.807) is 23.5 Å². The molecule has 3 aromatic rings. The first-order chi connectivity index (χ1) is 13.9. The van der Waals surface area contributed by atoms with Crippen molar-refractivity contribution in [2.45, 2.75) is 26.2 Å². The molecule has 4 heterocycles. The van der Waals surface area contributed by atoms with Crippen LogP contribution in [0.2, 0.25) is 0 Å². The smallest absolute Gasteiger partial charge is 0.241 e. The van der Waals surface area contributed by atoms with Crippen LogP contribution < -0.4 is 15.0 Å². The van der Waals surface area contributed by atoms with Gasteiger partial charge >= 0.3 is 0 Å². The summed E-state index contributed by atoms with van der Waals surface area (Å²) in [4.78, 5) is 28.1. The Kier molecular flexibility index (Phi) is 3.81. The van der Waals surface area contributed by atoms with Crippen LogP contribution in [0.5, 0.6) is 5.88 Å². The summed E-state index contributed by atoms with van der Waals surface area (Å²) in [5, 5.41) is 3.29. The highest BCUT2D eigenvalue weighted by Gasteiger charge is 2.45. The van der Waals surface area contributed by atoms with E-state index in [0.717, 1.165) is 39.6 Å². The molecule has 7 nitrogen and oxygen atoms in total. The molecule has 0 aliphatic carbocycles. The summed E-state index contributed by atoms with van der Waals surface area (Å²) in [6, 6.07) is 7.99. The summed E-state index contributed by atoms with van der Waals surface area (Å²) >= 11 is 0. The van der Waals surface area contributed by atoms with Gasteiger partial charge in [0, 0.05) is 24.5 Å². The summed E-state index contributed by atoms with van der Waals surface area (Å²) < 4.78 is 5.57. The molecule has 0 bridgehead atoms.